The Morgan fingerprint density at radius 1 is 1.50 bits per heavy atom. The topological polar surface area (TPSA) is 55.6 Å². The fourth-order valence-corrected chi connectivity index (χ4v) is 2.26. The van der Waals surface area contributed by atoms with Gasteiger partial charge in [-0.3, -0.25) is 4.79 Å². The lowest BCUT2D eigenvalue weighted by Crippen LogP contribution is -2.37. The molecule has 1 aliphatic rings. The van der Waals surface area contributed by atoms with Gasteiger partial charge in [-0.25, -0.2) is 0 Å². The van der Waals surface area contributed by atoms with Crippen molar-refractivity contribution in [1.82, 2.24) is 0 Å². The molecule has 4 nitrogen and oxygen atoms in total. The summed E-state index contributed by atoms with van der Waals surface area (Å²) in [4.78, 5) is 14.3. The van der Waals surface area contributed by atoms with Crippen molar-refractivity contribution in [3.05, 3.63) is 24.3 Å². The summed E-state index contributed by atoms with van der Waals surface area (Å²) in [5.41, 5.74) is 7.43. The van der Waals surface area contributed by atoms with Crippen LogP contribution >= 0.6 is 0 Å². The summed E-state index contributed by atoms with van der Waals surface area (Å²) in [6.45, 7) is 3.97. The van der Waals surface area contributed by atoms with Crippen LogP contribution in [0.25, 0.3) is 0 Å². The van der Waals surface area contributed by atoms with E-state index in [1.54, 1.807) is 4.90 Å². The summed E-state index contributed by atoms with van der Waals surface area (Å²) >= 11 is 0. The second-order valence-corrected chi connectivity index (χ2v) is 4.61. The molecule has 98 valence electrons. The number of rotatable bonds is 4. The number of nitrogens with two attached hydrogens (primary N) is 1. The van der Waals surface area contributed by atoms with Crippen LogP contribution in [0.3, 0.4) is 0 Å². The Hall–Kier alpha value is -1.55. The van der Waals surface area contributed by atoms with Gasteiger partial charge in [0.25, 0.3) is 0 Å². The number of benzene rings is 1. The molecule has 0 aliphatic carbocycles. The van der Waals surface area contributed by atoms with Crippen molar-refractivity contribution < 1.29 is 9.53 Å². The molecule has 18 heavy (non-hydrogen) atoms. The Kier molecular flexibility index (Phi) is 4.20. The molecule has 0 saturated carbocycles. The van der Waals surface area contributed by atoms with Crippen molar-refractivity contribution in [2.24, 2.45) is 5.92 Å². The highest BCUT2D eigenvalue weighted by Crippen LogP contribution is 2.26. The monoisotopic (exact) mass is 248 g/mol. The minimum absolute atomic E-state index is 0.0174. The van der Waals surface area contributed by atoms with Crippen LogP contribution in [0.5, 0.6) is 0 Å². The Bertz CT molecular complexity index is 414. The second-order valence-electron chi connectivity index (χ2n) is 4.61. The molecule has 2 rings (SSSR count). The number of para-hydroxylation sites is 2. The average molecular weight is 248 g/mol. The van der Waals surface area contributed by atoms with Crippen molar-refractivity contribution in [2.45, 2.75) is 19.8 Å². The summed E-state index contributed by atoms with van der Waals surface area (Å²) in [5.74, 6) is 0.114. The highest BCUT2D eigenvalue weighted by molar-refractivity contribution is 5.97. The zero-order valence-corrected chi connectivity index (χ0v) is 10.8. The van der Waals surface area contributed by atoms with Crippen LogP contribution in [-0.2, 0) is 9.53 Å². The predicted molar refractivity (Wildman–Crippen MR) is 72.4 cm³/mol. The number of carbonyl (C=O) groups excluding carboxylic acids is 1. The Morgan fingerprint density at radius 2 is 2.28 bits per heavy atom. The molecule has 0 radical (unpaired) electrons. The van der Waals surface area contributed by atoms with Crippen molar-refractivity contribution >= 4 is 17.3 Å². The lowest BCUT2D eigenvalue weighted by Gasteiger charge is -2.26. The highest BCUT2D eigenvalue weighted by Gasteiger charge is 2.29. The molecular formula is C14H20N2O2. The molecule has 0 spiro atoms. The van der Waals surface area contributed by atoms with Crippen LogP contribution in [0.1, 0.15) is 19.8 Å². The van der Waals surface area contributed by atoms with E-state index in [1.807, 2.05) is 24.3 Å². The van der Waals surface area contributed by atoms with Crippen molar-refractivity contribution in [3.8, 4) is 0 Å². The number of hydrogen-bond donors (Lipinski definition) is 1. The van der Waals surface area contributed by atoms with Crippen LogP contribution in [0.2, 0.25) is 0 Å². The van der Waals surface area contributed by atoms with Crippen LogP contribution < -0.4 is 10.6 Å². The van der Waals surface area contributed by atoms with Gasteiger partial charge in [-0.05, 0) is 25.0 Å². The smallest absolute Gasteiger partial charge is 0.232 e. The zero-order valence-electron chi connectivity index (χ0n) is 10.8. The van der Waals surface area contributed by atoms with E-state index in [0.29, 0.717) is 25.4 Å². The molecule has 0 aromatic heterocycles. The maximum Gasteiger partial charge on any atom is 0.232 e. The molecule has 1 unspecified atom stereocenters. The quantitative estimate of drug-likeness (QED) is 0.830. The first-order valence-electron chi connectivity index (χ1n) is 6.47. The maximum atomic E-state index is 12.5. The minimum Gasteiger partial charge on any atom is -0.397 e. The van der Waals surface area contributed by atoms with E-state index < -0.39 is 0 Å². The first kappa shape index (κ1) is 12.9. The Balaban J connectivity index is 2.22. The van der Waals surface area contributed by atoms with Gasteiger partial charge < -0.3 is 15.4 Å². The van der Waals surface area contributed by atoms with Gasteiger partial charge in [0.2, 0.25) is 5.91 Å². The molecule has 0 bridgehead atoms. The normalized spacial score (nSPS) is 18.8. The minimum atomic E-state index is -0.0174. The molecule has 1 aromatic carbocycles. The van der Waals surface area contributed by atoms with Crippen molar-refractivity contribution in [1.29, 1.82) is 0 Å². The van der Waals surface area contributed by atoms with Crippen LogP contribution in [0.15, 0.2) is 24.3 Å². The summed E-state index contributed by atoms with van der Waals surface area (Å²) in [5, 5.41) is 0. The molecule has 1 atom stereocenters. The average Bonchev–Trinajstić information content (AvgIpc) is 2.90. The van der Waals surface area contributed by atoms with E-state index >= 15 is 0 Å². The van der Waals surface area contributed by atoms with Gasteiger partial charge in [0, 0.05) is 13.2 Å². The van der Waals surface area contributed by atoms with Crippen LogP contribution in [0.4, 0.5) is 11.4 Å². The third kappa shape index (κ3) is 2.64. The number of nitrogen functional groups attached to an aromatic ring is 1. The van der Waals surface area contributed by atoms with Crippen LogP contribution in [0, 0.1) is 5.92 Å². The van der Waals surface area contributed by atoms with Gasteiger partial charge in [-0.1, -0.05) is 19.1 Å². The highest BCUT2D eigenvalue weighted by atomic mass is 16.5. The largest absolute Gasteiger partial charge is 0.397 e. The van der Waals surface area contributed by atoms with Gasteiger partial charge in [0.1, 0.15) is 0 Å². The predicted octanol–water partition coefficient (Wildman–Crippen LogP) is 2.05. The molecule has 1 amide bonds. The van der Waals surface area contributed by atoms with E-state index in [0.717, 1.165) is 18.5 Å². The van der Waals surface area contributed by atoms with Crippen LogP contribution in [-0.4, -0.2) is 25.7 Å². The van der Waals surface area contributed by atoms with Gasteiger partial charge in [-0.15, -0.1) is 0 Å². The lowest BCUT2D eigenvalue weighted by atomic mass is 10.1. The lowest BCUT2D eigenvalue weighted by molar-refractivity contribution is -0.122. The van der Waals surface area contributed by atoms with Gasteiger partial charge in [0.15, 0.2) is 0 Å². The molecule has 2 N–H and O–H groups in total. The molecule has 1 fully saturated rings. The molecule has 1 aliphatic heterocycles. The van der Waals surface area contributed by atoms with Gasteiger partial charge in [0.05, 0.1) is 23.9 Å². The Morgan fingerprint density at radius 3 is 2.89 bits per heavy atom. The summed E-state index contributed by atoms with van der Waals surface area (Å²) in [6.07, 6.45) is 1.72. The summed E-state index contributed by atoms with van der Waals surface area (Å²) < 4.78 is 5.29. The molecule has 1 saturated heterocycles. The fraction of sp³-hybridized carbons (Fsp3) is 0.500. The molecule has 4 heteroatoms. The van der Waals surface area contributed by atoms with E-state index in [2.05, 4.69) is 6.92 Å². The van der Waals surface area contributed by atoms with E-state index in [1.165, 1.54) is 0 Å². The van der Waals surface area contributed by atoms with E-state index in [9.17, 15) is 4.79 Å². The molecule has 1 heterocycles. The first-order valence-corrected chi connectivity index (χ1v) is 6.47. The second kappa shape index (κ2) is 5.87. The van der Waals surface area contributed by atoms with Crippen molar-refractivity contribution in [3.63, 3.8) is 0 Å². The van der Waals surface area contributed by atoms with Gasteiger partial charge in [-0.2, -0.15) is 0 Å². The van der Waals surface area contributed by atoms with E-state index in [-0.39, 0.29) is 11.8 Å². The number of nitrogens with zero attached hydrogens (tertiary/aromatic N) is 1. The maximum absolute atomic E-state index is 12.5. The third-order valence-electron chi connectivity index (χ3n) is 3.22. The first-order chi connectivity index (χ1) is 8.74. The number of hydrogen-bond acceptors (Lipinski definition) is 3. The fourth-order valence-electron chi connectivity index (χ4n) is 2.26. The molecule has 1 aromatic rings. The SMILES string of the molecule is CCCN(C(=O)C1CCOC1)c1ccccc1N. The summed E-state index contributed by atoms with van der Waals surface area (Å²) in [6, 6.07) is 7.52. The van der Waals surface area contributed by atoms with E-state index in [4.69, 9.17) is 10.5 Å². The third-order valence-corrected chi connectivity index (χ3v) is 3.22. The number of amides is 1. The number of anilines is 2. The number of carbonyl (C=O) groups is 1. The summed E-state index contributed by atoms with van der Waals surface area (Å²) in [7, 11) is 0. The van der Waals surface area contributed by atoms with Gasteiger partial charge >= 0.3 is 0 Å². The standard InChI is InChI=1S/C14H20N2O2/c1-2-8-16(13-6-4-3-5-12(13)15)14(17)11-7-9-18-10-11/h3-6,11H,2,7-10,15H2,1H3. The Labute approximate surface area is 108 Å². The zero-order chi connectivity index (χ0) is 13.0. The molecular weight excluding hydrogens is 228 g/mol. The van der Waals surface area contributed by atoms with Crippen molar-refractivity contribution in [2.75, 3.05) is 30.4 Å². The number of ether oxygens (including phenoxy) is 1.